The second-order valence-electron chi connectivity index (χ2n) is 6.26. The number of carbonyl (C=O) groups is 1. The smallest absolute Gasteiger partial charge is 0.322 e. The predicted octanol–water partition coefficient (Wildman–Crippen LogP) is 2.16. The van der Waals surface area contributed by atoms with Crippen LogP contribution >= 0.6 is 11.8 Å². The van der Waals surface area contributed by atoms with Crippen molar-refractivity contribution in [1.29, 1.82) is 0 Å². The average molecular weight is 355 g/mol. The number of hydrogen-bond acceptors (Lipinski definition) is 5. The minimum absolute atomic E-state index is 0.0276. The summed E-state index contributed by atoms with van der Waals surface area (Å²) in [6.07, 6.45) is 1.96. The number of nitrogens with zero attached hydrogens (tertiary/aromatic N) is 4. The lowest BCUT2D eigenvalue weighted by atomic mass is 10.1. The van der Waals surface area contributed by atoms with Crippen molar-refractivity contribution in [1.82, 2.24) is 20.1 Å². The molecule has 1 aromatic heterocycles. The summed E-state index contributed by atoms with van der Waals surface area (Å²) in [5, 5.41) is 4.84. The van der Waals surface area contributed by atoms with Gasteiger partial charge in [0.15, 0.2) is 5.17 Å². The number of aromatic nitrogens is 1. The first-order chi connectivity index (χ1) is 12.3. The molecule has 2 amide bonds. The van der Waals surface area contributed by atoms with Crippen LogP contribution in [0.4, 0.5) is 4.79 Å². The molecule has 1 N–H and O–H groups in total. The quantitative estimate of drug-likeness (QED) is 0.897. The number of para-hydroxylation sites is 1. The summed E-state index contributed by atoms with van der Waals surface area (Å²) in [4.78, 5) is 25.3. The number of fused-ring (bicyclic) bond motifs is 1. The molecule has 130 valence electrons. The van der Waals surface area contributed by atoms with Gasteiger partial charge in [0, 0.05) is 50.1 Å². The number of amides is 2. The standard InChI is InChI=1S/C18H21N5OS/c24-18(21-17-19-5-10-25-17)23-8-6-22(7-9-23)13-14-11-15-3-1-2-4-16(15)20-12-14/h1-4,11-12H,5-10,13H2,(H,19,21,24). The Bertz CT molecular complexity index is 801. The van der Waals surface area contributed by atoms with Gasteiger partial charge in [-0.3, -0.25) is 20.2 Å². The van der Waals surface area contributed by atoms with Crippen molar-refractivity contribution >= 4 is 33.9 Å². The van der Waals surface area contributed by atoms with Gasteiger partial charge in [-0.05, 0) is 17.7 Å². The van der Waals surface area contributed by atoms with E-state index in [4.69, 9.17) is 0 Å². The van der Waals surface area contributed by atoms with Gasteiger partial charge in [-0.1, -0.05) is 30.0 Å². The number of rotatable bonds is 2. The van der Waals surface area contributed by atoms with Crippen LogP contribution < -0.4 is 5.32 Å². The van der Waals surface area contributed by atoms with E-state index in [-0.39, 0.29) is 6.03 Å². The van der Waals surface area contributed by atoms with E-state index in [9.17, 15) is 4.79 Å². The number of pyridine rings is 1. The Kier molecular flexibility index (Phi) is 4.85. The molecule has 1 aromatic carbocycles. The maximum absolute atomic E-state index is 12.3. The second-order valence-corrected chi connectivity index (χ2v) is 7.35. The highest BCUT2D eigenvalue weighted by atomic mass is 32.2. The van der Waals surface area contributed by atoms with E-state index >= 15 is 0 Å². The minimum atomic E-state index is -0.0276. The maximum Gasteiger partial charge on any atom is 0.323 e. The van der Waals surface area contributed by atoms with Crippen LogP contribution in [0, 0.1) is 0 Å². The molecule has 2 aromatic rings. The lowest BCUT2D eigenvalue weighted by Crippen LogP contribution is -2.52. The van der Waals surface area contributed by atoms with Gasteiger partial charge in [0.2, 0.25) is 0 Å². The van der Waals surface area contributed by atoms with Gasteiger partial charge in [0.25, 0.3) is 0 Å². The molecule has 0 atom stereocenters. The highest BCUT2D eigenvalue weighted by Crippen LogP contribution is 2.15. The Balaban J connectivity index is 1.31. The monoisotopic (exact) mass is 355 g/mol. The maximum atomic E-state index is 12.3. The van der Waals surface area contributed by atoms with E-state index < -0.39 is 0 Å². The molecule has 0 bridgehead atoms. The van der Waals surface area contributed by atoms with E-state index in [1.807, 2.05) is 29.3 Å². The molecule has 7 heteroatoms. The Morgan fingerprint density at radius 2 is 2.04 bits per heavy atom. The van der Waals surface area contributed by atoms with Gasteiger partial charge in [-0.25, -0.2) is 4.79 Å². The summed E-state index contributed by atoms with van der Waals surface area (Å²) in [6.45, 7) is 4.90. The lowest BCUT2D eigenvalue weighted by Gasteiger charge is -2.34. The van der Waals surface area contributed by atoms with Gasteiger partial charge in [-0.15, -0.1) is 0 Å². The highest BCUT2D eigenvalue weighted by Gasteiger charge is 2.22. The van der Waals surface area contributed by atoms with Crippen molar-refractivity contribution in [3.05, 3.63) is 42.1 Å². The first-order valence-electron chi connectivity index (χ1n) is 8.57. The lowest BCUT2D eigenvalue weighted by molar-refractivity contribution is 0.138. The number of hydrogen-bond donors (Lipinski definition) is 1. The first kappa shape index (κ1) is 16.4. The molecule has 1 saturated heterocycles. The van der Waals surface area contributed by atoms with Crippen molar-refractivity contribution in [2.75, 3.05) is 38.5 Å². The zero-order chi connectivity index (χ0) is 17.1. The summed E-state index contributed by atoms with van der Waals surface area (Å²) < 4.78 is 0. The molecule has 4 rings (SSSR count). The Morgan fingerprint density at radius 3 is 2.84 bits per heavy atom. The van der Waals surface area contributed by atoms with E-state index in [1.54, 1.807) is 11.8 Å². The van der Waals surface area contributed by atoms with E-state index in [2.05, 4.69) is 32.3 Å². The Labute approximate surface area is 151 Å². The van der Waals surface area contributed by atoms with Crippen LogP contribution in [0.5, 0.6) is 0 Å². The average Bonchev–Trinajstić information content (AvgIpc) is 3.15. The third kappa shape index (κ3) is 3.93. The summed E-state index contributed by atoms with van der Waals surface area (Å²) in [7, 11) is 0. The third-order valence-electron chi connectivity index (χ3n) is 4.51. The van der Waals surface area contributed by atoms with Crippen molar-refractivity contribution in [2.24, 2.45) is 4.99 Å². The van der Waals surface area contributed by atoms with Gasteiger partial charge >= 0.3 is 6.03 Å². The largest absolute Gasteiger partial charge is 0.323 e. The van der Waals surface area contributed by atoms with Crippen molar-refractivity contribution < 1.29 is 4.79 Å². The zero-order valence-electron chi connectivity index (χ0n) is 14.0. The molecule has 0 radical (unpaired) electrons. The van der Waals surface area contributed by atoms with Crippen molar-refractivity contribution in [2.45, 2.75) is 6.54 Å². The fraction of sp³-hybridized carbons (Fsp3) is 0.389. The number of urea groups is 1. The molecule has 0 spiro atoms. The molecule has 2 aliphatic rings. The van der Waals surface area contributed by atoms with Gasteiger partial charge in [-0.2, -0.15) is 0 Å². The molecule has 0 aliphatic carbocycles. The molecule has 1 fully saturated rings. The second kappa shape index (κ2) is 7.41. The number of aliphatic imine (C=N–C) groups is 1. The molecule has 0 saturated carbocycles. The fourth-order valence-electron chi connectivity index (χ4n) is 3.15. The molecule has 3 heterocycles. The predicted molar refractivity (Wildman–Crippen MR) is 102 cm³/mol. The molecule has 2 aliphatic heterocycles. The summed E-state index contributed by atoms with van der Waals surface area (Å²) in [5.41, 5.74) is 2.24. The SMILES string of the molecule is O=C(NC1=NCCS1)N1CCN(Cc2cnc3ccccc3c2)CC1. The zero-order valence-corrected chi connectivity index (χ0v) is 14.8. The van der Waals surface area contributed by atoms with E-state index in [1.165, 1.54) is 10.9 Å². The van der Waals surface area contributed by atoms with Crippen LogP contribution in [0.3, 0.4) is 0 Å². The topological polar surface area (TPSA) is 60.8 Å². The summed E-state index contributed by atoms with van der Waals surface area (Å²) >= 11 is 1.61. The fourth-order valence-corrected chi connectivity index (χ4v) is 3.87. The van der Waals surface area contributed by atoms with Gasteiger partial charge < -0.3 is 4.90 Å². The molecular formula is C18H21N5OS. The molecule has 6 nitrogen and oxygen atoms in total. The Morgan fingerprint density at radius 1 is 1.20 bits per heavy atom. The van der Waals surface area contributed by atoms with Crippen LogP contribution in [0.15, 0.2) is 41.5 Å². The Hall–Kier alpha value is -2.12. The number of thioether (sulfide) groups is 1. The van der Waals surface area contributed by atoms with Crippen LogP contribution in [0.1, 0.15) is 5.56 Å². The normalized spacial score (nSPS) is 18.4. The number of carbonyl (C=O) groups excluding carboxylic acids is 1. The molecule has 0 unspecified atom stereocenters. The van der Waals surface area contributed by atoms with Crippen LogP contribution in [-0.2, 0) is 6.54 Å². The summed E-state index contributed by atoms with van der Waals surface area (Å²) in [6, 6.07) is 10.4. The van der Waals surface area contributed by atoms with Gasteiger partial charge in [0.1, 0.15) is 0 Å². The third-order valence-corrected chi connectivity index (χ3v) is 5.40. The number of nitrogens with one attached hydrogen (secondary N) is 1. The number of piperazine rings is 1. The van der Waals surface area contributed by atoms with Gasteiger partial charge in [0.05, 0.1) is 12.1 Å². The first-order valence-corrected chi connectivity index (χ1v) is 9.56. The van der Waals surface area contributed by atoms with Crippen molar-refractivity contribution in [3.63, 3.8) is 0 Å². The van der Waals surface area contributed by atoms with Crippen LogP contribution in [0.2, 0.25) is 0 Å². The molecule has 25 heavy (non-hydrogen) atoms. The van der Waals surface area contributed by atoms with Crippen molar-refractivity contribution in [3.8, 4) is 0 Å². The van der Waals surface area contributed by atoms with E-state index in [0.29, 0.717) is 0 Å². The van der Waals surface area contributed by atoms with Crippen LogP contribution in [-0.4, -0.2) is 64.5 Å². The molecular weight excluding hydrogens is 334 g/mol. The van der Waals surface area contributed by atoms with E-state index in [0.717, 1.165) is 55.7 Å². The number of amidine groups is 1. The minimum Gasteiger partial charge on any atom is -0.322 e. The van der Waals surface area contributed by atoms with Crippen LogP contribution in [0.25, 0.3) is 10.9 Å². The number of benzene rings is 1. The summed E-state index contributed by atoms with van der Waals surface area (Å²) in [5.74, 6) is 0.961. The highest BCUT2D eigenvalue weighted by molar-refractivity contribution is 8.14.